The highest BCUT2D eigenvalue weighted by atomic mass is 16.5. The fourth-order valence-corrected chi connectivity index (χ4v) is 2.00. The van der Waals surface area contributed by atoms with Gasteiger partial charge >= 0.3 is 5.69 Å². The van der Waals surface area contributed by atoms with E-state index in [1.165, 1.54) is 0 Å². The van der Waals surface area contributed by atoms with E-state index in [1.54, 1.807) is 0 Å². The van der Waals surface area contributed by atoms with Crippen molar-refractivity contribution in [3.8, 4) is 0 Å². The summed E-state index contributed by atoms with van der Waals surface area (Å²) in [7, 11) is 1.84. The van der Waals surface area contributed by atoms with Crippen molar-refractivity contribution in [2.45, 2.75) is 19.3 Å². The quantitative estimate of drug-likeness (QED) is 0.642. The van der Waals surface area contributed by atoms with E-state index in [4.69, 9.17) is 4.74 Å². The van der Waals surface area contributed by atoms with E-state index < -0.39 is 6.10 Å². The Morgan fingerprint density at radius 2 is 2.14 bits per heavy atom. The monoisotopic (exact) mass is 292 g/mol. The number of benzene rings is 1. The van der Waals surface area contributed by atoms with Crippen LogP contribution in [0.2, 0.25) is 0 Å². The summed E-state index contributed by atoms with van der Waals surface area (Å²) in [6, 6.07) is 9.81. The van der Waals surface area contributed by atoms with E-state index in [9.17, 15) is 9.90 Å². The van der Waals surface area contributed by atoms with Crippen LogP contribution in [0.15, 0.2) is 35.1 Å². The Bertz CT molecular complexity index is 581. The molecule has 0 spiro atoms. The summed E-state index contributed by atoms with van der Waals surface area (Å²) in [5.41, 5.74) is 0.747. The molecule has 1 aromatic carbocycles. The van der Waals surface area contributed by atoms with Crippen molar-refractivity contribution in [1.29, 1.82) is 0 Å². The first kappa shape index (κ1) is 15.4. The van der Waals surface area contributed by atoms with Crippen LogP contribution in [-0.4, -0.2) is 51.5 Å². The SMILES string of the molecule is CN(Cc1n[nH]c(=O)[nH]1)CC(O)COCc1ccccc1. The van der Waals surface area contributed by atoms with Gasteiger partial charge < -0.3 is 9.84 Å². The molecule has 1 unspecified atom stereocenters. The van der Waals surface area contributed by atoms with Crippen LogP contribution in [0.4, 0.5) is 0 Å². The summed E-state index contributed by atoms with van der Waals surface area (Å²) in [5, 5.41) is 16.0. The molecule has 2 aromatic rings. The van der Waals surface area contributed by atoms with Crippen LogP contribution in [0.3, 0.4) is 0 Å². The third-order valence-corrected chi connectivity index (χ3v) is 2.91. The minimum atomic E-state index is -0.593. The van der Waals surface area contributed by atoms with E-state index in [-0.39, 0.29) is 12.3 Å². The zero-order chi connectivity index (χ0) is 15.1. The summed E-state index contributed by atoms with van der Waals surface area (Å²) in [6.45, 7) is 1.63. The number of aromatic nitrogens is 3. The van der Waals surface area contributed by atoms with Gasteiger partial charge in [-0.1, -0.05) is 30.3 Å². The van der Waals surface area contributed by atoms with Gasteiger partial charge in [0, 0.05) is 6.54 Å². The van der Waals surface area contributed by atoms with Gasteiger partial charge in [-0.25, -0.2) is 9.89 Å². The molecule has 0 saturated carbocycles. The highest BCUT2D eigenvalue weighted by Gasteiger charge is 2.10. The van der Waals surface area contributed by atoms with Crippen molar-refractivity contribution in [2.75, 3.05) is 20.2 Å². The molecular formula is C14H20N4O3. The van der Waals surface area contributed by atoms with Crippen molar-refractivity contribution in [3.63, 3.8) is 0 Å². The molecule has 0 fully saturated rings. The van der Waals surface area contributed by atoms with Gasteiger partial charge in [0.25, 0.3) is 0 Å². The third kappa shape index (κ3) is 5.50. The van der Waals surface area contributed by atoms with Crippen molar-refractivity contribution in [2.24, 2.45) is 0 Å². The van der Waals surface area contributed by atoms with E-state index in [0.717, 1.165) is 5.56 Å². The van der Waals surface area contributed by atoms with Gasteiger partial charge in [-0.15, -0.1) is 0 Å². The van der Waals surface area contributed by atoms with Gasteiger partial charge in [-0.2, -0.15) is 5.10 Å². The van der Waals surface area contributed by atoms with Crippen LogP contribution in [0, 0.1) is 0 Å². The number of H-pyrrole nitrogens is 2. The lowest BCUT2D eigenvalue weighted by Gasteiger charge is -2.19. The minimum absolute atomic E-state index is 0.260. The van der Waals surface area contributed by atoms with E-state index in [0.29, 0.717) is 25.5 Å². The number of rotatable bonds is 8. The number of aliphatic hydroxyl groups excluding tert-OH is 1. The minimum Gasteiger partial charge on any atom is -0.389 e. The van der Waals surface area contributed by atoms with Gasteiger partial charge in [0.1, 0.15) is 5.82 Å². The van der Waals surface area contributed by atoms with Crippen LogP contribution in [0.1, 0.15) is 11.4 Å². The number of aromatic amines is 2. The molecule has 21 heavy (non-hydrogen) atoms. The average molecular weight is 292 g/mol. The zero-order valence-electron chi connectivity index (χ0n) is 12.0. The molecule has 1 heterocycles. The molecule has 114 valence electrons. The maximum absolute atomic E-state index is 10.9. The molecule has 2 rings (SSSR count). The van der Waals surface area contributed by atoms with Crippen molar-refractivity contribution in [3.05, 3.63) is 52.2 Å². The highest BCUT2D eigenvalue weighted by molar-refractivity contribution is 5.13. The van der Waals surface area contributed by atoms with Gasteiger partial charge in [-0.05, 0) is 12.6 Å². The Morgan fingerprint density at radius 3 is 2.81 bits per heavy atom. The van der Waals surface area contributed by atoms with E-state index in [2.05, 4.69) is 15.2 Å². The number of hydrogen-bond donors (Lipinski definition) is 3. The number of nitrogens with zero attached hydrogens (tertiary/aromatic N) is 2. The molecule has 3 N–H and O–H groups in total. The Morgan fingerprint density at radius 1 is 1.38 bits per heavy atom. The van der Waals surface area contributed by atoms with Crippen LogP contribution < -0.4 is 5.69 Å². The average Bonchev–Trinajstić information content (AvgIpc) is 2.85. The summed E-state index contributed by atoms with van der Waals surface area (Å²) in [6.07, 6.45) is -0.593. The second-order valence-electron chi connectivity index (χ2n) is 4.98. The smallest absolute Gasteiger partial charge is 0.340 e. The fourth-order valence-electron chi connectivity index (χ4n) is 2.00. The number of hydrogen-bond acceptors (Lipinski definition) is 5. The van der Waals surface area contributed by atoms with Gasteiger partial charge in [-0.3, -0.25) is 9.88 Å². The Kier molecular flexibility index (Phi) is 5.68. The normalized spacial score (nSPS) is 12.7. The zero-order valence-corrected chi connectivity index (χ0v) is 12.0. The van der Waals surface area contributed by atoms with Crippen LogP contribution in [0.5, 0.6) is 0 Å². The Balaban J connectivity index is 1.66. The standard InChI is InChI=1S/C14H20N4O3/c1-18(8-13-15-14(20)17-16-13)7-12(19)10-21-9-11-5-3-2-4-6-11/h2-6,12,19H,7-10H2,1H3,(H2,15,16,17,20). The van der Waals surface area contributed by atoms with Gasteiger partial charge in [0.2, 0.25) is 0 Å². The first-order chi connectivity index (χ1) is 10.1. The molecule has 0 aliphatic carbocycles. The highest BCUT2D eigenvalue weighted by Crippen LogP contribution is 2.02. The topological polar surface area (TPSA) is 94.2 Å². The Labute approximate surface area is 122 Å². The third-order valence-electron chi connectivity index (χ3n) is 2.91. The lowest BCUT2D eigenvalue weighted by molar-refractivity contribution is 0.0124. The Hall–Kier alpha value is -1.96. The molecular weight excluding hydrogens is 272 g/mol. The maximum Gasteiger partial charge on any atom is 0.340 e. The van der Waals surface area contributed by atoms with Crippen molar-refractivity contribution < 1.29 is 9.84 Å². The molecule has 0 bridgehead atoms. The molecule has 7 nitrogen and oxygen atoms in total. The van der Waals surface area contributed by atoms with Crippen LogP contribution in [0.25, 0.3) is 0 Å². The maximum atomic E-state index is 10.9. The molecule has 0 aliphatic heterocycles. The molecule has 0 amide bonds. The largest absolute Gasteiger partial charge is 0.389 e. The number of likely N-dealkylation sites (N-methyl/N-ethyl adjacent to an activating group) is 1. The second-order valence-corrected chi connectivity index (χ2v) is 4.98. The molecule has 0 radical (unpaired) electrons. The summed E-state index contributed by atoms with van der Waals surface area (Å²) in [5.74, 6) is 0.542. The summed E-state index contributed by atoms with van der Waals surface area (Å²) >= 11 is 0. The summed E-state index contributed by atoms with van der Waals surface area (Å²) < 4.78 is 5.48. The first-order valence-corrected chi connectivity index (χ1v) is 6.75. The lowest BCUT2D eigenvalue weighted by atomic mass is 10.2. The number of nitrogens with one attached hydrogen (secondary N) is 2. The van der Waals surface area contributed by atoms with Crippen LogP contribution in [-0.2, 0) is 17.9 Å². The molecule has 0 aliphatic rings. The molecule has 1 aromatic heterocycles. The van der Waals surface area contributed by atoms with E-state index >= 15 is 0 Å². The van der Waals surface area contributed by atoms with Gasteiger partial charge in [0.05, 0.1) is 25.9 Å². The van der Waals surface area contributed by atoms with Crippen LogP contribution >= 0.6 is 0 Å². The first-order valence-electron chi connectivity index (χ1n) is 6.75. The predicted molar refractivity (Wildman–Crippen MR) is 77.6 cm³/mol. The predicted octanol–water partition coefficient (Wildman–Crippen LogP) is 0.108. The van der Waals surface area contributed by atoms with Crippen molar-refractivity contribution in [1.82, 2.24) is 20.1 Å². The molecule has 7 heteroatoms. The fraction of sp³-hybridized carbons (Fsp3) is 0.429. The molecule has 1 atom stereocenters. The van der Waals surface area contributed by atoms with Gasteiger partial charge in [0.15, 0.2) is 0 Å². The number of ether oxygens (including phenoxy) is 1. The van der Waals surface area contributed by atoms with Crippen molar-refractivity contribution >= 4 is 0 Å². The summed E-state index contributed by atoms with van der Waals surface area (Å²) in [4.78, 5) is 15.3. The number of aliphatic hydroxyl groups is 1. The molecule has 0 saturated heterocycles. The lowest BCUT2D eigenvalue weighted by Crippen LogP contribution is -2.32. The second kappa shape index (κ2) is 7.72. The van der Waals surface area contributed by atoms with E-state index in [1.807, 2.05) is 42.3 Å².